The summed E-state index contributed by atoms with van der Waals surface area (Å²) in [5, 5.41) is 16.5. The van der Waals surface area contributed by atoms with Gasteiger partial charge in [0.2, 0.25) is 5.91 Å². The number of nitro benzene ring substituents is 1. The predicted molar refractivity (Wildman–Crippen MR) is 77.6 cm³/mol. The van der Waals surface area contributed by atoms with Gasteiger partial charge in [-0.05, 0) is 12.0 Å². The van der Waals surface area contributed by atoms with Crippen molar-refractivity contribution in [1.29, 1.82) is 0 Å². The molecule has 2 N–H and O–H groups in total. The normalized spacial score (nSPS) is 10.6. The van der Waals surface area contributed by atoms with Crippen molar-refractivity contribution in [3.05, 3.63) is 39.9 Å². The SMILES string of the molecule is CC(C)NCCC(=O)NCCc1ccc([N+](=O)[O-])cc1. The molecule has 0 aliphatic rings. The molecule has 0 heterocycles. The van der Waals surface area contributed by atoms with Gasteiger partial charge in [0.15, 0.2) is 0 Å². The van der Waals surface area contributed by atoms with E-state index in [0.29, 0.717) is 32.0 Å². The molecule has 6 heteroatoms. The maximum absolute atomic E-state index is 11.5. The molecule has 0 saturated heterocycles. The van der Waals surface area contributed by atoms with E-state index in [1.165, 1.54) is 12.1 Å². The quantitative estimate of drug-likeness (QED) is 0.559. The van der Waals surface area contributed by atoms with E-state index in [0.717, 1.165) is 5.56 Å². The van der Waals surface area contributed by atoms with E-state index in [1.807, 2.05) is 13.8 Å². The second kappa shape index (κ2) is 8.27. The molecule has 0 spiro atoms. The molecular formula is C14H21N3O3. The van der Waals surface area contributed by atoms with Crippen molar-refractivity contribution in [3.8, 4) is 0 Å². The van der Waals surface area contributed by atoms with Crippen LogP contribution in [0.5, 0.6) is 0 Å². The van der Waals surface area contributed by atoms with Crippen LogP contribution in [0, 0.1) is 10.1 Å². The fourth-order valence-electron chi connectivity index (χ4n) is 1.69. The molecule has 0 fully saturated rings. The van der Waals surface area contributed by atoms with Crippen molar-refractivity contribution in [1.82, 2.24) is 10.6 Å². The number of rotatable bonds is 8. The minimum atomic E-state index is -0.423. The van der Waals surface area contributed by atoms with Crippen LogP contribution in [0.3, 0.4) is 0 Å². The predicted octanol–water partition coefficient (Wildman–Crippen LogP) is 1.64. The zero-order valence-corrected chi connectivity index (χ0v) is 11.9. The molecule has 0 aromatic heterocycles. The molecule has 0 bridgehead atoms. The number of hydrogen-bond donors (Lipinski definition) is 2. The van der Waals surface area contributed by atoms with Crippen molar-refractivity contribution >= 4 is 11.6 Å². The first-order chi connectivity index (χ1) is 9.49. The van der Waals surface area contributed by atoms with Gasteiger partial charge in [0, 0.05) is 37.7 Å². The topological polar surface area (TPSA) is 84.3 Å². The molecule has 0 aliphatic heterocycles. The van der Waals surface area contributed by atoms with Gasteiger partial charge in [0.05, 0.1) is 4.92 Å². The molecule has 0 aliphatic carbocycles. The maximum atomic E-state index is 11.5. The summed E-state index contributed by atoms with van der Waals surface area (Å²) in [7, 11) is 0. The second-order valence-corrected chi connectivity index (χ2v) is 4.88. The average Bonchev–Trinajstić information content (AvgIpc) is 2.39. The molecule has 0 radical (unpaired) electrons. The van der Waals surface area contributed by atoms with Gasteiger partial charge in [-0.25, -0.2) is 0 Å². The zero-order chi connectivity index (χ0) is 15.0. The number of nitrogens with zero attached hydrogens (tertiary/aromatic N) is 1. The Morgan fingerprint density at radius 2 is 1.90 bits per heavy atom. The molecular weight excluding hydrogens is 258 g/mol. The van der Waals surface area contributed by atoms with E-state index in [9.17, 15) is 14.9 Å². The fourth-order valence-corrected chi connectivity index (χ4v) is 1.69. The lowest BCUT2D eigenvalue weighted by atomic mass is 10.1. The summed E-state index contributed by atoms with van der Waals surface area (Å²) < 4.78 is 0. The second-order valence-electron chi connectivity index (χ2n) is 4.88. The lowest BCUT2D eigenvalue weighted by Gasteiger charge is -2.08. The molecule has 0 unspecified atom stereocenters. The molecule has 1 amide bonds. The highest BCUT2D eigenvalue weighted by atomic mass is 16.6. The number of carbonyl (C=O) groups is 1. The molecule has 0 saturated carbocycles. The molecule has 1 aromatic rings. The van der Waals surface area contributed by atoms with Crippen LogP contribution in [0.1, 0.15) is 25.8 Å². The summed E-state index contributed by atoms with van der Waals surface area (Å²) in [4.78, 5) is 21.6. The minimum Gasteiger partial charge on any atom is -0.356 e. The van der Waals surface area contributed by atoms with Crippen LogP contribution in [-0.2, 0) is 11.2 Å². The Balaban J connectivity index is 2.23. The number of hydrogen-bond acceptors (Lipinski definition) is 4. The van der Waals surface area contributed by atoms with Gasteiger partial charge in [-0.3, -0.25) is 14.9 Å². The largest absolute Gasteiger partial charge is 0.356 e. The van der Waals surface area contributed by atoms with Gasteiger partial charge in [-0.1, -0.05) is 26.0 Å². The summed E-state index contributed by atoms with van der Waals surface area (Å²) in [5.41, 5.74) is 1.05. The number of nitrogens with one attached hydrogen (secondary N) is 2. The molecule has 1 aromatic carbocycles. The number of amides is 1. The summed E-state index contributed by atoms with van der Waals surface area (Å²) in [6, 6.07) is 6.76. The molecule has 1 rings (SSSR count). The molecule has 110 valence electrons. The number of benzene rings is 1. The van der Waals surface area contributed by atoms with E-state index < -0.39 is 4.92 Å². The van der Waals surface area contributed by atoms with Crippen LogP contribution >= 0.6 is 0 Å². The van der Waals surface area contributed by atoms with Crippen molar-refractivity contribution < 1.29 is 9.72 Å². The van der Waals surface area contributed by atoms with Gasteiger partial charge < -0.3 is 10.6 Å². The van der Waals surface area contributed by atoms with Crippen molar-refractivity contribution in [2.45, 2.75) is 32.7 Å². The van der Waals surface area contributed by atoms with E-state index in [1.54, 1.807) is 12.1 Å². The maximum Gasteiger partial charge on any atom is 0.269 e. The fraction of sp³-hybridized carbons (Fsp3) is 0.500. The van der Waals surface area contributed by atoms with Gasteiger partial charge in [0.1, 0.15) is 0 Å². The minimum absolute atomic E-state index is 0.0139. The molecule has 6 nitrogen and oxygen atoms in total. The summed E-state index contributed by atoms with van der Waals surface area (Å²) in [6.07, 6.45) is 1.12. The zero-order valence-electron chi connectivity index (χ0n) is 11.9. The third kappa shape index (κ3) is 6.29. The van der Waals surface area contributed by atoms with E-state index in [-0.39, 0.29) is 11.6 Å². The smallest absolute Gasteiger partial charge is 0.269 e. The molecule has 0 atom stereocenters. The Morgan fingerprint density at radius 1 is 1.25 bits per heavy atom. The highest BCUT2D eigenvalue weighted by Crippen LogP contribution is 2.11. The Morgan fingerprint density at radius 3 is 2.45 bits per heavy atom. The Bertz CT molecular complexity index is 443. The van der Waals surface area contributed by atoms with E-state index in [2.05, 4.69) is 10.6 Å². The first-order valence-corrected chi connectivity index (χ1v) is 6.72. The van der Waals surface area contributed by atoms with E-state index >= 15 is 0 Å². The Labute approximate surface area is 118 Å². The third-order valence-electron chi connectivity index (χ3n) is 2.79. The van der Waals surface area contributed by atoms with Gasteiger partial charge >= 0.3 is 0 Å². The van der Waals surface area contributed by atoms with Crippen molar-refractivity contribution in [2.24, 2.45) is 0 Å². The number of non-ortho nitro benzene ring substituents is 1. The van der Waals surface area contributed by atoms with Crippen LogP contribution in [0.2, 0.25) is 0 Å². The summed E-state index contributed by atoms with van der Waals surface area (Å²) in [5.74, 6) is 0.0139. The van der Waals surface area contributed by atoms with Crippen molar-refractivity contribution in [2.75, 3.05) is 13.1 Å². The highest BCUT2D eigenvalue weighted by molar-refractivity contribution is 5.76. The Hall–Kier alpha value is -1.95. The van der Waals surface area contributed by atoms with E-state index in [4.69, 9.17) is 0 Å². The monoisotopic (exact) mass is 279 g/mol. The molecule has 20 heavy (non-hydrogen) atoms. The third-order valence-corrected chi connectivity index (χ3v) is 2.79. The average molecular weight is 279 g/mol. The first-order valence-electron chi connectivity index (χ1n) is 6.72. The van der Waals surface area contributed by atoms with Crippen LogP contribution in [0.15, 0.2) is 24.3 Å². The number of carbonyl (C=O) groups excluding carboxylic acids is 1. The van der Waals surface area contributed by atoms with Crippen LogP contribution in [-0.4, -0.2) is 30.0 Å². The lowest BCUT2D eigenvalue weighted by molar-refractivity contribution is -0.384. The number of nitro groups is 1. The highest BCUT2D eigenvalue weighted by Gasteiger charge is 2.04. The van der Waals surface area contributed by atoms with Gasteiger partial charge in [-0.2, -0.15) is 0 Å². The van der Waals surface area contributed by atoms with Gasteiger partial charge in [-0.15, -0.1) is 0 Å². The summed E-state index contributed by atoms with van der Waals surface area (Å²) in [6.45, 7) is 5.28. The first kappa shape index (κ1) is 16.1. The lowest BCUT2D eigenvalue weighted by Crippen LogP contribution is -2.31. The van der Waals surface area contributed by atoms with Crippen LogP contribution < -0.4 is 10.6 Å². The van der Waals surface area contributed by atoms with Crippen molar-refractivity contribution in [3.63, 3.8) is 0 Å². The van der Waals surface area contributed by atoms with Gasteiger partial charge in [0.25, 0.3) is 5.69 Å². The van der Waals surface area contributed by atoms with Crippen LogP contribution in [0.25, 0.3) is 0 Å². The standard InChI is InChI=1S/C14H21N3O3/c1-11(2)15-10-8-14(18)16-9-7-12-3-5-13(6-4-12)17(19)20/h3-6,11,15H,7-10H2,1-2H3,(H,16,18). The van der Waals surface area contributed by atoms with Crippen LogP contribution in [0.4, 0.5) is 5.69 Å². The Kier molecular flexibility index (Phi) is 6.66. The summed E-state index contributed by atoms with van der Waals surface area (Å²) >= 11 is 0.